The summed E-state index contributed by atoms with van der Waals surface area (Å²) in [5, 5.41) is 0. The molecule has 2 aliphatic rings. The number of carbonyl (C=O) groups is 1. The second kappa shape index (κ2) is 9.39. The first-order valence-electron chi connectivity index (χ1n) is 11.8. The summed E-state index contributed by atoms with van der Waals surface area (Å²) in [4.78, 5) is 17.3. The lowest BCUT2D eigenvalue weighted by atomic mass is 9.99. The molecule has 5 rings (SSSR count). The second-order valence-electron chi connectivity index (χ2n) is 9.70. The fourth-order valence-corrected chi connectivity index (χ4v) is 7.33. The van der Waals surface area contributed by atoms with Gasteiger partial charge in [-0.15, -0.1) is 11.3 Å². The smallest absolute Gasteiger partial charge is 0.421 e. The molecule has 0 radical (unpaired) electrons. The molecule has 7 nitrogen and oxygen atoms in total. The summed E-state index contributed by atoms with van der Waals surface area (Å²) < 4.78 is 50.7. The average Bonchev–Trinajstić information content (AvgIpc) is 3.15. The van der Waals surface area contributed by atoms with Crippen molar-refractivity contribution in [2.45, 2.75) is 56.2 Å². The van der Waals surface area contributed by atoms with Crippen molar-refractivity contribution in [1.29, 1.82) is 0 Å². The van der Waals surface area contributed by atoms with Gasteiger partial charge in [0.25, 0.3) is 10.0 Å². The molecule has 1 aliphatic heterocycles. The maximum Gasteiger partial charge on any atom is 0.421 e. The van der Waals surface area contributed by atoms with Crippen LogP contribution in [0.5, 0.6) is 0 Å². The van der Waals surface area contributed by atoms with Crippen LogP contribution in [0.3, 0.4) is 0 Å². The summed E-state index contributed by atoms with van der Waals surface area (Å²) in [6, 6.07) is 6.51. The lowest BCUT2D eigenvalue weighted by molar-refractivity contribution is 0.147. The maximum atomic E-state index is 15.4. The van der Waals surface area contributed by atoms with E-state index in [1.807, 2.05) is 29.3 Å². The molecule has 3 heterocycles. The first-order chi connectivity index (χ1) is 16.7. The van der Waals surface area contributed by atoms with Crippen LogP contribution < -0.4 is 4.72 Å². The van der Waals surface area contributed by atoms with E-state index in [2.05, 4.69) is 4.98 Å². The maximum absolute atomic E-state index is 15.4. The van der Waals surface area contributed by atoms with Crippen molar-refractivity contribution in [3.63, 3.8) is 0 Å². The number of fused-ring (bicyclic) bond motifs is 1. The van der Waals surface area contributed by atoms with Crippen LogP contribution in [-0.4, -0.2) is 30.7 Å². The summed E-state index contributed by atoms with van der Waals surface area (Å²) in [7, 11) is -4.19. The van der Waals surface area contributed by atoms with Crippen LogP contribution in [0.1, 0.15) is 55.4 Å². The molecule has 1 aliphatic carbocycles. The molecule has 10 heteroatoms. The van der Waals surface area contributed by atoms with Crippen molar-refractivity contribution < 1.29 is 22.3 Å². The predicted molar refractivity (Wildman–Crippen MR) is 131 cm³/mol. The molecule has 1 N–H and O–H groups in total. The van der Waals surface area contributed by atoms with E-state index in [1.165, 1.54) is 6.07 Å². The Morgan fingerprint density at radius 2 is 2.09 bits per heavy atom. The number of sulfonamides is 1. The van der Waals surface area contributed by atoms with Gasteiger partial charge >= 0.3 is 6.09 Å². The number of rotatable bonds is 8. The highest BCUT2D eigenvalue weighted by Gasteiger charge is 2.30. The van der Waals surface area contributed by atoms with Gasteiger partial charge in [-0.2, -0.15) is 0 Å². The van der Waals surface area contributed by atoms with Gasteiger partial charge in [0.1, 0.15) is 15.9 Å². The Morgan fingerprint density at radius 3 is 2.80 bits per heavy atom. The van der Waals surface area contributed by atoms with Crippen LogP contribution in [0.2, 0.25) is 0 Å². The van der Waals surface area contributed by atoms with Gasteiger partial charge in [-0.1, -0.05) is 26.0 Å². The minimum Gasteiger partial charge on any atom is -0.449 e. The zero-order valence-corrected chi connectivity index (χ0v) is 21.3. The van der Waals surface area contributed by atoms with E-state index < -0.39 is 21.9 Å². The standard InChI is InChI=1S/C25H28FN3O4S2/c1-15(2)11-18-13-20(24(34-18)35(31,32)28-25(30)33-14-16-3-4-16)17-5-6-19(21(26)12-17)22-7-8-23-27-9-10-29(22)23/h5-6,9-10,12-13,15-16,22H,3-4,7-8,11,14H2,1-2H3,(H,28,30)/t22-/m1/s1. The van der Waals surface area contributed by atoms with E-state index in [-0.39, 0.29) is 16.9 Å². The van der Waals surface area contributed by atoms with E-state index in [0.717, 1.165) is 47.7 Å². The largest absolute Gasteiger partial charge is 0.449 e. The van der Waals surface area contributed by atoms with Gasteiger partial charge in [0, 0.05) is 34.8 Å². The number of carbonyl (C=O) groups excluding carboxylic acids is 1. The first kappa shape index (κ1) is 24.0. The fourth-order valence-electron chi connectivity index (χ4n) is 4.49. The Labute approximate surface area is 208 Å². The minimum atomic E-state index is -4.19. The van der Waals surface area contributed by atoms with Gasteiger partial charge in [-0.05, 0) is 55.2 Å². The zero-order valence-electron chi connectivity index (χ0n) is 19.7. The van der Waals surface area contributed by atoms with Crippen LogP contribution in [0.15, 0.2) is 40.9 Å². The molecule has 1 saturated carbocycles. The third kappa shape index (κ3) is 5.13. The van der Waals surface area contributed by atoms with Crippen LogP contribution in [0.25, 0.3) is 11.1 Å². The van der Waals surface area contributed by atoms with E-state index in [1.54, 1.807) is 24.4 Å². The van der Waals surface area contributed by atoms with Gasteiger partial charge in [0.2, 0.25) is 0 Å². The Balaban J connectivity index is 1.46. The van der Waals surface area contributed by atoms with Crippen LogP contribution in [0, 0.1) is 17.7 Å². The number of nitrogens with one attached hydrogen (secondary N) is 1. The van der Waals surface area contributed by atoms with Crippen molar-refractivity contribution in [1.82, 2.24) is 14.3 Å². The molecule has 0 spiro atoms. The Morgan fingerprint density at radius 1 is 1.29 bits per heavy atom. The van der Waals surface area contributed by atoms with Crippen molar-refractivity contribution in [3.05, 3.63) is 58.7 Å². The minimum absolute atomic E-state index is 0.0126. The lowest BCUT2D eigenvalue weighted by Gasteiger charge is -2.15. The Kier molecular flexibility index (Phi) is 6.43. The summed E-state index contributed by atoms with van der Waals surface area (Å²) >= 11 is 1.10. The Hall–Kier alpha value is -2.72. The molecule has 0 saturated heterocycles. The van der Waals surface area contributed by atoms with Gasteiger partial charge in [0.05, 0.1) is 12.6 Å². The number of imidazole rings is 1. The molecule has 1 atom stereocenters. The second-order valence-corrected chi connectivity index (χ2v) is 12.7. The molecular weight excluding hydrogens is 489 g/mol. The summed E-state index contributed by atoms with van der Waals surface area (Å²) in [5.74, 6) is 1.16. The number of halogens is 1. The van der Waals surface area contributed by atoms with Gasteiger partial charge in [0.15, 0.2) is 0 Å². The number of aromatic nitrogens is 2. The number of nitrogens with zero attached hydrogens (tertiary/aromatic N) is 2. The number of aryl methyl sites for hydroxylation is 1. The van der Waals surface area contributed by atoms with Crippen molar-refractivity contribution >= 4 is 27.5 Å². The molecule has 1 aromatic carbocycles. The highest BCUT2D eigenvalue weighted by molar-refractivity contribution is 7.92. The first-order valence-corrected chi connectivity index (χ1v) is 14.1. The molecule has 1 fully saturated rings. The van der Waals surface area contributed by atoms with Crippen LogP contribution in [-0.2, 0) is 27.6 Å². The zero-order chi connectivity index (χ0) is 24.7. The highest BCUT2D eigenvalue weighted by atomic mass is 32.2. The number of ether oxygens (including phenoxy) is 1. The SMILES string of the molecule is CC(C)Cc1cc(-c2ccc([C@H]3CCc4nccn43)c(F)c2)c(S(=O)(=O)NC(=O)OCC2CC2)s1. The van der Waals surface area contributed by atoms with Crippen molar-refractivity contribution in [2.75, 3.05) is 6.61 Å². The monoisotopic (exact) mass is 517 g/mol. The van der Waals surface area contributed by atoms with Gasteiger partial charge in [-0.3, -0.25) is 0 Å². The molecule has 1 amide bonds. The Bertz CT molecular complexity index is 1360. The van der Waals surface area contributed by atoms with E-state index >= 15 is 4.39 Å². The predicted octanol–water partition coefficient (Wildman–Crippen LogP) is 5.31. The third-order valence-electron chi connectivity index (χ3n) is 6.36. The number of hydrogen-bond acceptors (Lipinski definition) is 6. The molecule has 0 unspecified atom stereocenters. The highest BCUT2D eigenvalue weighted by Crippen LogP contribution is 2.39. The fraction of sp³-hybridized carbons (Fsp3) is 0.440. The topological polar surface area (TPSA) is 90.3 Å². The number of hydrogen-bond donors (Lipinski definition) is 1. The van der Waals surface area contributed by atoms with E-state index in [9.17, 15) is 13.2 Å². The number of benzene rings is 1. The molecule has 3 aromatic rings. The number of thiophene rings is 1. The van der Waals surface area contributed by atoms with Crippen molar-refractivity contribution in [2.24, 2.45) is 11.8 Å². The van der Waals surface area contributed by atoms with Crippen LogP contribution >= 0.6 is 11.3 Å². The van der Waals surface area contributed by atoms with E-state index in [0.29, 0.717) is 34.9 Å². The summed E-state index contributed by atoms with van der Waals surface area (Å²) in [5.41, 5.74) is 1.38. The quantitative estimate of drug-likeness (QED) is 0.437. The molecular formula is C25H28FN3O4S2. The van der Waals surface area contributed by atoms with Crippen molar-refractivity contribution in [3.8, 4) is 11.1 Å². The summed E-state index contributed by atoms with van der Waals surface area (Å²) in [6.07, 6.45) is 6.78. The molecule has 0 bridgehead atoms. The third-order valence-corrected chi connectivity index (χ3v) is 9.37. The normalized spacial score (nSPS) is 17.5. The van der Waals surface area contributed by atoms with E-state index in [4.69, 9.17) is 4.74 Å². The van der Waals surface area contributed by atoms with Gasteiger partial charge < -0.3 is 9.30 Å². The molecule has 2 aromatic heterocycles. The summed E-state index contributed by atoms with van der Waals surface area (Å²) in [6.45, 7) is 4.30. The van der Waals surface area contributed by atoms with Gasteiger partial charge in [-0.25, -0.2) is 27.3 Å². The average molecular weight is 518 g/mol. The number of amides is 1. The molecule has 35 heavy (non-hydrogen) atoms. The lowest BCUT2D eigenvalue weighted by Crippen LogP contribution is -2.31. The molecule has 186 valence electrons. The van der Waals surface area contributed by atoms with Crippen LogP contribution in [0.4, 0.5) is 9.18 Å².